The number of nitrogens with zero attached hydrogens (tertiary/aromatic N) is 3. The number of hydrogen-bond acceptors (Lipinski definition) is 5. The van der Waals surface area contributed by atoms with Gasteiger partial charge in [0.2, 0.25) is 0 Å². The number of thiazole rings is 1. The fourth-order valence-electron chi connectivity index (χ4n) is 1.18. The third kappa shape index (κ3) is 2.35. The van der Waals surface area contributed by atoms with E-state index in [-0.39, 0.29) is 5.69 Å². The predicted molar refractivity (Wildman–Crippen MR) is 64.9 cm³/mol. The van der Waals surface area contributed by atoms with E-state index < -0.39 is 0 Å². The number of hydrogen-bond donors (Lipinski definition) is 1. The highest BCUT2D eigenvalue weighted by Gasteiger charge is 2.06. The van der Waals surface area contributed by atoms with Crippen molar-refractivity contribution < 1.29 is 0 Å². The van der Waals surface area contributed by atoms with E-state index >= 15 is 0 Å². The molecule has 0 aromatic carbocycles. The Kier molecular flexibility index (Phi) is 3.45. The first-order valence-electron chi connectivity index (χ1n) is 4.88. The Morgan fingerprint density at radius 2 is 2.44 bits per heavy atom. The summed E-state index contributed by atoms with van der Waals surface area (Å²) in [5, 5.41) is 10.2. The van der Waals surface area contributed by atoms with Crippen LogP contribution in [0.1, 0.15) is 17.6 Å². The van der Waals surface area contributed by atoms with Gasteiger partial charge in [0.05, 0.1) is 10.7 Å². The zero-order chi connectivity index (χ0) is 11.5. The molecule has 0 aliphatic carbocycles. The van der Waals surface area contributed by atoms with Crippen LogP contribution in [0.25, 0.3) is 0 Å². The van der Waals surface area contributed by atoms with Gasteiger partial charge in [0.25, 0.3) is 0 Å². The normalized spacial score (nSPS) is 10.9. The second kappa shape index (κ2) is 4.84. The quantitative estimate of drug-likeness (QED) is 0.840. The van der Waals surface area contributed by atoms with Crippen LogP contribution in [0.2, 0.25) is 0 Å². The highest BCUT2D eigenvalue weighted by Crippen LogP contribution is 2.20. The summed E-state index contributed by atoms with van der Waals surface area (Å²) in [6, 6.07) is 0. The molecule has 0 saturated heterocycles. The van der Waals surface area contributed by atoms with Crippen molar-refractivity contribution in [3.05, 3.63) is 26.6 Å². The third-order valence-corrected chi connectivity index (χ3v) is 4.20. The van der Waals surface area contributed by atoms with Gasteiger partial charge in [-0.2, -0.15) is 0 Å². The Bertz CT molecular complexity index is 528. The average molecular weight is 256 g/mol. The minimum Gasteiger partial charge on any atom is -0.273 e. The van der Waals surface area contributed by atoms with Crippen LogP contribution < -0.4 is 5.69 Å². The standard InChI is InChI=1S/C9H12N4OS2/c1-3-7-10-6(4-15-7)5-16-9-12-11-8(14)13(9)2/h4H,3,5H2,1-2H3,(H,11,14). The molecule has 0 radical (unpaired) electrons. The number of aryl methyl sites for hydroxylation is 1. The van der Waals surface area contributed by atoms with Gasteiger partial charge in [-0.1, -0.05) is 18.7 Å². The lowest BCUT2D eigenvalue weighted by atomic mass is 10.5. The third-order valence-electron chi connectivity index (χ3n) is 2.09. The van der Waals surface area contributed by atoms with E-state index in [0.717, 1.165) is 22.9 Å². The van der Waals surface area contributed by atoms with Gasteiger partial charge in [-0.3, -0.25) is 4.57 Å². The lowest BCUT2D eigenvalue weighted by Gasteiger charge is -1.96. The molecule has 0 fully saturated rings. The molecule has 0 aliphatic heterocycles. The van der Waals surface area contributed by atoms with Gasteiger partial charge in [0.15, 0.2) is 5.16 Å². The van der Waals surface area contributed by atoms with Crippen molar-refractivity contribution in [2.75, 3.05) is 0 Å². The first-order chi connectivity index (χ1) is 7.70. The van der Waals surface area contributed by atoms with Crippen molar-refractivity contribution in [2.45, 2.75) is 24.3 Å². The van der Waals surface area contributed by atoms with E-state index in [1.165, 1.54) is 16.3 Å². The minimum absolute atomic E-state index is 0.185. The number of nitrogens with one attached hydrogen (secondary N) is 1. The maximum Gasteiger partial charge on any atom is 0.343 e. The second-order valence-electron chi connectivity index (χ2n) is 3.25. The molecule has 0 bridgehead atoms. The summed E-state index contributed by atoms with van der Waals surface area (Å²) in [6.45, 7) is 2.09. The van der Waals surface area contributed by atoms with Crippen molar-refractivity contribution in [3.8, 4) is 0 Å². The molecule has 16 heavy (non-hydrogen) atoms. The summed E-state index contributed by atoms with van der Waals surface area (Å²) in [4.78, 5) is 15.6. The van der Waals surface area contributed by atoms with Crippen LogP contribution in [-0.2, 0) is 19.2 Å². The number of rotatable bonds is 4. The molecule has 86 valence electrons. The number of thioether (sulfide) groups is 1. The molecule has 0 aliphatic rings. The zero-order valence-corrected chi connectivity index (χ0v) is 10.7. The second-order valence-corrected chi connectivity index (χ2v) is 5.13. The molecule has 0 atom stereocenters. The molecule has 0 unspecified atom stereocenters. The van der Waals surface area contributed by atoms with E-state index in [0.29, 0.717) is 5.16 Å². The van der Waals surface area contributed by atoms with Crippen LogP contribution in [0.5, 0.6) is 0 Å². The number of aromatic nitrogens is 4. The molecular weight excluding hydrogens is 244 g/mol. The fourth-order valence-corrected chi connectivity index (χ4v) is 2.84. The Labute approximate surface area is 101 Å². The van der Waals surface area contributed by atoms with Gasteiger partial charge in [-0.25, -0.2) is 14.9 Å². The van der Waals surface area contributed by atoms with Gasteiger partial charge in [0.1, 0.15) is 0 Å². The van der Waals surface area contributed by atoms with Gasteiger partial charge in [0, 0.05) is 18.2 Å². The van der Waals surface area contributed by atoms with Crippen molar-refractivity contribution >= 4 is 23.1 Å². The van der Waals surface area contributed by atoms with Crippen LogP contribution in [0, 0.1) is 0 Å². The first-order valence-corrected chi connectivity index (χ1v) is 6.74. The van der Waals surface area contributed by atoms with E-state index in [1.54, 1.807) is 18.4 Å². The molecule has 2 heterocycles. The van der Waals surface area contributed by atoms with E-state index in [4.69, 9.17) is 0 Å². The highest BCUT2D eigenvalue weighted by molar-refractivity contribution is 7.98. The van der Waals surface area contributed by atoms with Crippen LogP contribution in [0.3, 0.4) is 0 Å². The molecule has 0 saturated carbocycles. The maximum absolute atomic E-state index is 11.1. The molecule has 5 nitrogen and oxygen atoms in total. The van der Waals surface area contributed by atoms with Crippen molar-refractivity contribution in [1.29, 1.82) is 0 Å². The van der Waals surface area contributed by atoms with Crippen molar-refractivity contribution in [3.63, 3.8) is 0 Å². The Balaban J connectivity index is 2.02. The fraction of sp³-hybridized carbons (Fsp3) is 0.444. The van der Waals surface area contributed by atoms with E-state index in [9.17, 15) is 4.79 Å². The minimum atomic E-state index is -0.185. The molecule has 2 rings (SSSR count). The zero-order valence-electron chi connectivity index (χ0n) is 9.06. The van der Waals surface area contributed by atoms with Gasteiger partial charge < -0.3 is 0 Å². The number of H-pyrrole nitrogens is 1. The van der Waals surface area contributed by atoms with Crippen LogP contribution in [0.4, 0.5) is 0 Å². The molecule has 2 aromatic heterocycles. The number of aromatic amines is 1. The monoisotopic (exact) mass is 256 g/mol. The summed E-state index contributed by atoms with van der Waals surface area (Å²) in [6.07, 6.45) is 0.968. The average Bonchev–Trinajstić information content (AvgIpc) is 2.86. The largest absolute Gasteiger partial charge is 0.343 e. The Morgan fingerprint density at radius 3 is 3.00 bits per heavy atom. The molecule has 1 N–H and O–H groups in total. The lowest BCUT2D eigenvalue weighted by molar-refractivity contribution is 0.765. The SMILES string of the molecule is CCc1nc(CSc2n[nH]c(=O)n2C)cs1. The van der Waals surface area contributed by atoms with Gasteiger partial charge in [-0.05, 0) is 6.42 Å². The molecule has 0 amide bonds. The van der Waals surface area contributed by atoms with Gasteiger partial charge >= 0.3 is 5.69 Å². The van der Waals surface area contributed by atoms with Gasteiger partial charge in [-0.15, -0.1) is 16.4 Å². The van der Waals surface area contributed by atoms with Crippen molar-refractivity contribution in [2.24, 2.45) is 7.05 Å². The Hall–Kier alpha value is -1.08. The highest BCUT2D eigenvalue weighted by atomic mass is 32.2. The molecule has 0 spiro atoms. The summed E-state index contributed by atoms with van der Waals surface area (Å²) in [7, 11) is 1.70. The lowest BCUT2D eigenvalue weighted by Crippen LogP contribution is -2.12. The van der Waals surface area contributed by atoms with E-state index in [2.05, 4.69) is 27.5 Å². The summed E-state index contributed by atoms with van der Waals surface area (Å²) >= 11 is 3.18. The molecule has 2 aromatic rings. The summed E-state index contributed by atoms with van der Waals surface area (Å²) < 4.78 is 1.50. The molecule has 7 heteroatoms. The summed E-state index contributed by atoms with van der Waals surface area (Å²) in [5.41, 5.74) is 0.859. The van der Waals surface area contributed by atoms with Crippen LogP contribution in [0.15, 0.2) is 15.3 Å². The van der Waals surface area contributed by atoms with Crippen molar-refractivity contribution in [1.82, 2.24) is 19.7 Å². The molecular formula is C9H12N4OS2. The summed E-state index contributed by atoms with van der Waals surface area (Å²) in [5.74, 6) is 0.745. The predicted octanol–water partition coefficient (Wildman–Crippen LogP) is 1.42. The maximum atomic E-state index is 11.1. The topological polar surface area (TPSA) is 63.6 Å². The first kappa shape index (κ1) is 11.4. The van der Waals surface area contributed by atoms with Crippen LogP contribution in [-0.4, -0.2) is 19.7 Å². The van der Waals surface area contributed by atoms with Crippen LogP contribution >= 0.6 is 23.1 Å². The smallest absolute Gasteiger partial charge is 0.273 e. The van der Waals surface area contributed by atoms with E-state index in [1.807, 2.05) is 0 Å². The Morgan fingerprint density at radius 1 is 1.62 bits per heavy atom.